The SMILES string of the molecule is CC1(NC(=O)c2cnn3ccc(N4C[C@@H](F)CC4c4cccc(F)c4)nc23)COC1. The highest BCUT2D eigenvalue weighted by atomic mass is 19.1. The summed E-state index contributed by atoms with van der Waals surface area (Å²) in [6.07, 6.45) is 2.36. The van der Waals surface area contributed by atoms with Gasteiger partial charge in [0.25, 0.3) is 5.91 Å². The molecule has 1 N–H and O–H groups in total. The fourth-order valence-corrected chi connectivity index (χ4v) is 4.07. The molecule has 1 unspecified atom stereocenters. The summed E-state index contributed by atoms with van der Waals surface area (Å²) in [6, 6.07) is 7.59. The molecule has 0 bridgehead atoms. The Kier molecular flexibility index (Phi) is 4.43. The zero-order chi connectivity index (χ0) is 20.9. The molecule has 2 aliphatic rings. The second-order valence-corrected chi connectivity index (χ2v) is 8.18. The van der Waals surface area contributed by atoms with E-state index in [4.69, 9.17) is 4.74 Å². The van der Waals surface area contributed by atoms with Crippen molar-refractivity contribution in [1.82, 2.24) is 19.9 Å². The molecule has 5 rings (SSSR count). The van der Waals surface area contributed by atoms with E-state index in [2.05, 4.69) is 15.4 Å². The van der Waals surface area contributed by atoms with Gasteiger partial charge in [-0.25, -0.2) is 18.3 Å². The number of aromatic nitrogens is 3. The third-order valence-electron chi connectivity index (χ3n) is 5.63. The van der Waals surface area contributed by atoms with Crippen LogP contribution in [0.25, 0.3) is 5.65 Å². The van der Waals surface area contributed by atoms with Crippen LogP contribution in [0, 0.1) is 5.82 Å². The van der Waals surface area contributed by atoms with Gasteiger partial charge in [0, 0.05) is 12.6 Å². The average Bonchev–Trinajstić information content (AvgIpc) is 3.29. The number of halogens is 2. The standard InChI is InChI=1S/C21H21F2N5O2/c1-21(11-30-12-21)26-20(29)16-9-24-28-6-5-18(25-19(16)28)27-10-15(23)8-17(27)13-3-2-4-14(22)7-13/h2-7,9,15,17H,8,10-12H2,1H3,(H,26,29)/t15-,17?/m0/s1. The Labute approximate surface area is 171 Å². The van der Waals surface area contributed by atoms with Crippen LogP contribution in [0.1, 0.15) is 35.3 Å². The minimum absolute atomic E-state index is 0.148. The molecule has 156 valence electrons. The second kappa shape index (κ2) is 7.02. The molecule has 1 aromatic carbocycles. The van der Waals surface area contributed by atoms with Gasteiger partial charge in [0.05, 0.1) is 37.5 Å². The largest absolute Gasteiger partial charge is 0.376 e. The van der Waals surface area contributed by atoms with Gasteiger partial charge in [-0.15, -0.1) is 0 Å². The van der Waals surface area contributed by atoms with Gasteiger partial charge in [-0.2, -0.15) is 5.10 Å². The maximum absolute atomic E-state index is 14.3. The van der Waals surface area contributed by atoms with Crippen molar-refractivity contribution in [1.29, 1.82) is 0 Å². The normalized spacial score (nSPS) is 22.8. The summed E-state index contributed by atoms with van der Waals surface area (Å²) in [5, 5.41) is 7.16. The molecule has 1 amide bonds. The first-order valence-electron chi connectivity index (χ1n) is 9.83. The van der Waals surface area contributed by atoms with Crippen molar-refractivity contribution in [3.8, 4) is 0 Å². The molecule has 0 saturated carbocycles. The Balaban J connectivity index is 1.48. The van der Waals surface area contributed by atoms with Crippen molar-refractivity contribution in [3.63, 3.8) is 0 Å². The summed E-state index contributed by atoms with van der Waals surface area (Å²) in [5.74, 6) is -0.127. The van der Waals surface area contributed by atoms with Gasteiger partial charge in [0.15, 0.2) is 5.65 Å². The van der Waals surface area contributed by atoms with Crippen LogP contribution in [0.3, 0.4) is 0 Å². The maximum atomic E-state index is 14.3. The van der Waals surface area contributed by atoms with E-state index in [-0.39, 0.29) is 30.7 Å². The van der Waals surface area contributed by atoms with E-state index < -0.39 is 11.7 Å². The van der Waals surface area contributed by atoms with Crippen molar-refractivity contribution < 1.29 is 18.3 Å². The monoisotopic (exact) mass is 413 g/mol. The summed E-state index contributed by atoms with van der Waals surface area (Å²) in [5.41, 5.74) is 1.01. The Morgan fingerprint density at radius 2 is 2.17 bits per heavy atom. The lowest BCUT2D eigenvalue weighted by atomic mass is 10.0. The van der Waals surface area contributed by atoms with Crippen molar-refractivity contribution in [2.75, 3.05) is 24.7 Å². The van der Waals surface area contributed by atoms with Crippen LogP contribution in [-0.4, -0.2) is 52.0 Å². The Morgan fingerprint density at radius 3 is 2.90 bits per heavy atom. The fourth-order valence-electron chi connectivity index (χ4n) is 4.07. The molecule has 9 heteroatoms. The molecule has 3 aromatic rings. The number of nitrogens with zero attached hydrogens (tertiary/aromatic N) is 4. The van der Waals surface area contributed by atoms with Crippen LogP contribution >= 0.6 is 0 Å². The molecule has 0 spiro atoms. The van der Waals surface area contributed by atoms with E-state index >= 15 is 0 Å². The lowest BCUT2D eigenvalue weighted by Gasteiger charge is -2.38. The molecule has 7 nitrogen and oxygen atoms in total. The number of nitrogens with one attached hydrogen (secondary N) is 1. The second-order valence-electron chi connectivity index (χ2n) is 8.18. The molecule has 30 heavy (non-hydrogen) atoms. The molecule has 4 heterocycles. The van der Waals surface area contributed by atoms with Crippen LogP contribution in [-0.2, 0) is 4.74 Å². The number of amides is 1. The molecule has 2 aromatic heterocycles. The quantitative estimate of drug-likeness (QED) is 0.712. The molecular formula is C21H21F2N5O2. The number of carbonyl (C=O) groups excluding carboxylic acids is 1. The van der Waals surface area contributed by atoms with Gasteiger partial charge >= 0.3 is 0 Å². The number of benzene rings is 1. The van der Waals surface area contributed by atoms with Gasteiger partial charge in [-0.05, 0) is 30.7 Å². The highest BCUT2D eigenvalue weighted by molar-refractivity contribution is 6.00. The Hall–Kier alpha value is -3.07. The van der Waals surface area contributed by atoms with Gasteiger partial charge in [-0.1, -0.05) is 12.1 Å². The zero-order valence-electron chi connectivity index (χ0n) is 16.4. The average molecular weight is 413 g/mol. The van der Waals surface area contributed by atoms with Crippen LogP contribution in [0.4, 0.5) is 14.6 Å². The number of fused-ring (bicyclic) bond motifs is 1. The molecular weight excluding hydrogens is 392 g/mol. The van der Waals surface area contributed by atoms with Crippen molar-refractivity contribution in [2.45, 2.75) is 31.1 Å². The maximum Gasteiger partial charge on any atom is 0.257 e. The summed E-state index contributed by atoms with van der Waals surface area (Å²) in [7, 11) is 0. The first-order chi connectivity index (χ1) is 14.4. The highest BCUT2D eigenvalue weighted by Gasteiger charge is 2.37. The Bertz CT molecular complexity index is 1110. The predicted octanol–water partition coefficient (Wildman–Crippen LogP) is 2.68. The minimum Gasteiger partial charge on any atom is -0.376 e. The zero-order valence-corrected chi connectivity index (χ0v) is 16.4. The van der Waals surface area contributed by atoms with Gasteiger partial charge in [-0.3, -0.25) is 4.79 Å². The van der Waals surface area contributed by atoms with E-state index in [0.29, 0.717) is 35.8 Å². The lowest BCUT2D eigenvalue weighted by molar-refractivity contribution is -0.0593. The smallest absolute Gasteiger partial charge is 0.257 e. The van der Waals surface area contributed by atoms with Crippen LogP contribution in [0.15, 0.2) is 42.7 Å². The first kappa shape index (κ1) is 18.9. The van der Waals surface area contributed by atoms with Gasteiger partial charge in [0.1, 0.15) is 23.4 Å². The van der Waals surface area contributed by atoms with Gasteiger partial charge in [0.2, 0.25) is 0 Å². The van der Waals surface area contributed by atoms with E-state index in [9.17, 15) is 13.6 Å². The summed E-state index contributed by atoms with van der Waals surface area (Å²) >= 11 is 0. The number of anilines is 1. The van der Waals surface area contributed by atoms with E-state index in [1.807, 2.05) is 11.8 Å². The van der Waals surface area contributed by atoms with E-state index in [1.54, 1.807) is 24.4 Å². The van der Waals surface area contributed by atoms with Crippen molar-refractivity contribution in [3.05, 3.63) is 59.7 Å². The number of alkyl halides is 1. The van der Waals surface area contributed by atoms with Crippen molar-refractivity contribution >= 4 is 17.4 Å². The summed E-state index contributed by atoms with van der Waals surface area (Å²) in [6.45, 7) is 2.97. The Morgan fingerprint density at radius 1 is 1.33 bits per heavy atom. The molecule has 0 aliphatic carbocycles. The minimum atomic E-state index is -1.05. The summed E-state index contributed by atoms with van der Waals surface area (Å²) in [4.78, 5) is 19.2. The third kappa shape index (κ3) is 3.28. The number of hydrogen-bond acceptors (Lipinski definition) is 5. The fraction of sp³-hybridized carbons (Fsp3) is 0.381. The highest BCUT2D eigenvalue weighted by Crippen LogP contribution is 2.37. The molecule has 2 saturated heterocycles. The number of hydrogen-bond donors (Lipinski definition) is 1. The van der Waals surface area contributed by atoms with E-state index in [0.717, 1.165) is 0 Å². The number of carbonyl (C=O) groups is 1. The lowest BCUT2D eigenvalue weighted by Crippen LogP contribution is -2.59. The number of rotatable bonds is 4. The van der Waals surface area contributed by atoms with Gasteiger partial charge < -0.3 is 15.0 Å². The third-order valence-corrected chi connectivity index (χ3v) is 5.63. The molecule has 0 radical (unpaired) electrons. The number of ether oxygens (including phenoxy) is 1. The molecule has 2 atom stereocenters. The van der Waals surface area contributed by atoms with Crippen molar-refractivity contribution in [2.24, 2.45) is 0 Å². The van der Waals surface area contributed by atoms with E-state index in [1.165, 1.54) is 22.8 Å². The first-order valence-corrected chi connectivity index (χ1v) is 9.83. The van der Waals surface area contributed by atoms with Crippen LogP contribution in [0.2, 0.25) is 0 Å². The van der Waals surface area contributed by atoms with Crippen LogP contribution in [0.5, 0.6) is 0 Å². The molecule has 2 aliphatic heterocycles. The summed E-state index contributed by atoms with van der Waals surface area (Å²) < 4.78 is 34.8. The van der Waals surface area contributed by atoms with Crippen LogP contribution < -0.4 is 10.2 Å². The predicted molar refractivity (Wildman–Crippen MR) is 106 cm³/mol. The topological polar surface area (TPSA) is 71.8 Å². The molecule has 2 fully saturated rings.